The molecule has 0 spiro atoms. The number of hydrogen-bond donors (Lipinski definition) is 0. The molecule has 0 N–H and O–H groups in total. The predicted octanol–water partition coefficient (Wildman–Crippen LogP) is 6.39. The zero-order valence-corrected chi connectivity index (χ0v) is 19.9. The van der Waals surface area contributed by atoms with Gasteiger partial charge in [0.2, 0.25) is 0 Å². The van der Waals surface area contributed by atoms with E-state index < -0.39 is 0 Å². The summed E-state index contributed by atoms with van der Waals surface area (Å²) in [6.45, 7) is 14.6. The van der Waals surface area contributed by atoms with Gasteiger partial charge >= 0.3 is 0 Å². The van der Waals surface area contributed by atoms with Crippen molar-refractivity contribution in [1.82, 2.24) is 0 Å². The zero-order valence-electron chi connectivity index (χ0n) is 19.1. The van der Waals surface area contributed by atoms with E-state index in [9.17, 15) is 0 Å². The molecule has 0 radical (unpaired) electrons. The van der Waals surface area contributed by atoms with Crippen molar-refractivity contribution in [2.24, 2.45) is 23.2 Å². The Bertz CT molecular complexity index is 882. The molecule has 4 heteroatoms. The summed E-state index contributed by atoms with van der Waals surface area (Å²) in [5.74, 6) is 0.336. The van der Waals surface area contributed by atoms with Crippen molar-refractivity contribution >= 4 is 17.3 Å². The third-order valence-corrected chi connectivity index (χ3v) is 6.76. The van der Waals surface area contributed by atoms with Crippen molar-refractivity contribution in [3.05, 3.63) is 97.1 Å². The molecule has 0 bridgehead atoms. The van der Waals surface area contributed by atoms with Crippen molar-refractivity contribution in [1.29, 1.82) is 0 Å². The van der Waals surface area contributed by atoms with Gasteiger partial charge in [-0.3, -0.25) is 0 Å². The SMILES string of the molecule is C=CC(C)C1C(COCc2ccccc2)OC(=S)C1C(C)(C=C)COCc1ccccc1. The molecule has 0 amide bonds. The van der Waals surface area contributed by atoms with E-state index in [4.69, 9.17) is 26.4 Å². The minimum atomic E-state index is -0.359. The molecule has 1 heterocycles. The third-order valence-electron chi connectivity index (χ3n) is 6.41. The van der Waals surface area contributed by atoms with Gasteiger partial charge in [-0.15, -0.1) is 13.2 Å². The highest BCUT2D eigenvalue weighted by Crippen LogP contribution is 2.46. The van der Waals surface area contributed by atoms with Crippen molar-refractivity contribution in [3.8, 4) is 0 Å². The molecule has 5 unspecified atom stereocenters. The molecule has 3 nitrogen and oxygen atoms in total. The molecule has 0 saturated carbocycles. The van der Waals surface area contributed by atoms with Crippen LogP contribution in [0.1, 0.15) is 25.0 Å². The lowest BCUT2D eigenvalue weighted by molar-refractivity contribution is 0.000160. The Kier molecular flexibility index (Phi) is 8.80. The minimum absolute atomic E-state index is 0.0101. The highest BCUT2D eigenvalue weighted by molar-refractivity contribution is 7.80. The average molecular weight is 451 g/mol. The largest absolute Gasteiger partial charge is 0.481 e. The fourth-order valence-corrected chi connectivity index (χ4v) is 4.98. The molecule has 32 heavy (non-hydrogen) atoms. The summed E-state index contributed by atoms with van der Waals surface area (Å²) in [4.78, 5) is 0. The van der Waals surface area contributed by atoms with Crippen LogP contribution in [0.2, 0.25) is 0 Å². The monoisotopic (exact) mass is 450 g/mol. The van der Waals surface area contributed by atoms with E-state index in [0.717, 1.165) is 11.1 Å². The van der Waals surface area contributed by atoms with E-state index in [1.54, 1.807) is 0 Å². The molecule has 1 aliphatic rings. The standard InChI is InChI=1S/C28H34O3S/c1-5-21(3)25-24(19-29-17-22-13-9-7-10-14-22)31-27(32)26(25)28(4,6-2)20-30-18-23-15-11-8-12-16-23/h5-16,21,24-26H,1-2,17-20H2,3-4H3. The fraction of sp³-hybridized carbons (Fsp3) is 0.393. The molecule has 0 aliphatic carbocycles. The number of thiocarbonyl (C=S) groups is 1. The Hall–Kier alpha value is -2.27. The number of benzene rings is 2. The molecule has 2 aromatic carbocycles. The van der Waals surface area contributed by atoms with Crippen LogP contribution < -0.4 is 0 Å². The lowest BCUT2D eigenvalue weighted by Crippen LogP contribution is -2.40. The van der Waals surface area contributed by atoms with Gasteiger partial charge in [-0.05, 0) is 29.3 Å². The average Bonchev–Trinajstić information content (AvgIpc) is 3.16. The summed E-state index contributed by atoms with van der Waals surface area (Å²) in [6.07, 6.45) is 3.82. The maximum absolute atomic E-state index is 6.22. The van der Waals surface area contributed by atoms with Crippen LogP contribution in [0.25, 0.3) is 0 Å². The van der Waals surface area contributed by atoms with Crippen molar-refractivity contribution in [2.45, 2.75) is 33.2 Å². The maximum atomic E-state index is 6.22. The Morgan fingerprint density at radius 1 is 1.00 bits per heavy atom. The quantitative estimate of drug-likeness (QED) is 0.276. The lowest BCUT2D eigenvalue weighted by atomic mass is 9.67. The van der Waals surface area contributed by atoms with Gasteiger partial charge < -0.3 is 14.2 Å². The van der Waals surface area contributed by atoms with Crippen LogP contribution in [-0.4, -0.2) is 24.4 Å². The minimum Gasteiger partial charge on any atom is -0.481 e. The Balaban J connectivity index is 1.69. The Morgan fingerprint density at radius 3 is 2.09 bits per heavy atom. The van der Waals surface area contributed by atoms with Crippen LogP contribution in [0, 0.1) is 23.2 Å². The summed E-state index contributed by atoms with van der Waals surface area (Å²) >= 11 is 5.75. The number of rotatable bonds is 12. The van der Waals surface area contributed by atoms with Crippen molar-refractivity contribution in [2.75, 3.05) is 13.2 Å². The second kappa shape index (κ2) is 11.6. The van der Waals surface area contributed by atoms with Crippen LogP contribution in [-0.2, 0) is 27.4 Å². The van der Waals surface area contributed by atoms with Crippen molar-refractivity contribution in [3.63, 3.8) is 0 Å². The maximum Gasteiger partial charge on any atom is 0.164 e. The van der Waals surface area contributed by atoms with Crippen LogP contribution in [0.5, 0.6) is 0 Å². The molecular weight excluding hydrogens is 416 g/mol. The molecule has 170 valence electrons. The van der Waals surface area contributed by atoms with E-state index in [1.807, 2.05) is 48.6 Å². The lowest BCUT2D eigenvalue weighted by Gasteiger charge is -2.37. The first-order valence-electron chi connectivity index (χ1n) is 11.2. The second-order valence-electron chi connectivity index (χ2n) is 8.81. The van der Waals surface area contributed by atoms with E-state index in [1.165, 1.54) is 0 Å². The molecule has 3 rings (SSSR count). The van der Waals surface area contributed by atoms with Crippen LogP contribution in [0.4, 0.5) is 0 Å². The van der Waals surface area contributed by atoms with Gasteiger partial charge in [0.1, 0.15) is 6.10 Å². The zero-order chi connectivity index (χ0) is 23.0. The summed E-state index contributed by atoms with van der Waals surface area (Å²) in [5, 5.41) is 0.614. The smallest absolute Gasteiger partial charge is 0.164 e. The normalized spacial score (nSPS) is 23.2. The fourth-order valence-electron chi connectivity index (χ4n) is 4.43. The van der Waals surface area contributed by atoms with Crippen LogP contribution >= 0.6 is 12.2 Å². The third kappa shape index (κ3) is 5.94. The number of hydrogen-bond acceptors (Lipinski definition) is 4. The summed E-state index contributed by atoms with van der Waals surface area (Å²) in [6, 6.07) is 20.3. The first kappa shape index (κ1) is 24.4. The first-order valence-corrected chi connectivity index (χ1v) is 11.6. The second-order valence-corrected chi connectivity index (χ2v) is 9.22. The molecule has 1 saturated heterocycles. The summed E-state index contributed by atoms with van der Waals surface area (Å²) in [5.41, 5.74) is 1.93. The van der Waals surface area contributed by atoms with Gasteiger partial charge in [0.05, 0.1) is 26.4 Å². The molecule has 5 atom stereocenters. The van der Waals surface area contributed by atoms with Gasteiger partial charge in [-0.25, -0.2) is 0 Å². The van der Waals surface area contributed by atoms with Gasteiger partial charge in [0, 0.05) is 17.3 Å². The van der Waals surface area contributed by atoms with E-state index in [0.29, 0.717) is 31.5 Å². The highest BCUT2D eigenvalue weighted by atomic mass is 32.1. The van der Waals surface area contributed by atoms with Gasteiger partial charge in [-0.1, -0.05) is 86.7 Å². The van der Waals surface area contributed by atoms with E-state index in [-0.39, 0.29) is 29.3 Å². The van der Waals surface area contributed by atoms with Crippen molar-refractivity contribution < 1.29 is 14.2 Å². The molecule has 2 aromatic rings. The topological polar surface area (TPSA) is 27.7 Å². The number of allylic oxidation sites excluding steroid dienone is 1. The molecular formula is C28H34O3S. The van der Waals surface area contributed by atoms with Gasteiger partial charge in [0.15, 0.2) is 5.05 Å². The highest BCUT2D eigenvalue weighted by Gasteiger charge is 2.51. The predicted molar refractivity (Wildman–Crippen MR) is 134 cm³/mol. The Labute approximate surface area is 198 Å². The van der Waals surface area contributed by atoms with E-state index >= 15 is 0 Å². The van der Waals surface area contributed by atoms with Gasteiger partial charge in [0.25, 0.3) is 0 Å². The van der Waals surface area contributed by atoms with Crippen LogP contribution in [0.3, 0.4) is 0 Å². The molecule has 0 aromatic heterocycles. The number of ether oxygens (including phenoxy) is 3. The molecule has 1 fully saturated rings. The first-order chi connectivity index (χ1) is 15.5. The Morgan fingerprint density at radius 2 is 1.56 bits per heavy atom. The van der Waals surface area contributed by atoms with E-state index in [2.05, 4.69) is 51.3 Å². The molecule has 1 aliphatic heterocycles. The van der Waals surface area contributed by atoms with Gasteiger partial charge in [-0.2, -0.15) is 0 Å². The summed E-state index contributed by atoms with van der Waals surface area (Å²) < 4.78 is 18.4. The van der Waals surface area contributed by atoms with Crippen LogP contribution in [0.15, 0.2) is 86.0 Å². The summed E-state index contributed by atoms with van der Waals surface area (Å²) in [7, 11) is 0.